The van der Waals surface area contributed by atoms with Crippen LogP contribution in [0.3, 0.4) is 0 Å². The van der Waals surface area contributed by atoms with Crippen molar-refractivity contribution in [2.45, 2.75) is 13.3 Å². The van der Waals surface area contributed by atoms with Crippen LogP contribution in [0.15, 0.2) is 0 Å². The van der Waals surface area contributed by atoms with Gasteiger partial charge in [-0.2, -0.15) is 0 Å². The number of ether oxygens (including phenoxy) is 1. The van der Waals surface area contributed by atoms with Crippen molar-refractivity contribution in [1.29, 1.82) is 0 Å². The van der Waals surface area contributed by atoms with E-state index in [1.807, 2.05) is 0 Å². The van der Waals surface area contributed by atoms with Gasteiger partial charge < -0.3 is 9.84 Å². The maximum absolute atomic E-state index is 10.3. The van der Waals surface area contributed by atoms with Crippen LogP contribution >= 0.6 is 0 Å². The summed E-state index contributed by atoms with van der Waals surface area (Å²) >= 11 is 0. The largest absolute Gasteiger partial charge is 0.481 e. The van der Waals surface area contributed by atoms with E-state index < -0.39 is 5.97 Å². The molecular weight excluding hydrogens is 148 g/mol. The fraction of sp³-hybridized carbons (Fsp3) is 0.714. The summed E-state index contributed by atoms with van der Waals surface area (Å²) in [6.07, 6.45) is 0.641. The lowest BCUT2D eigenvalue weighted by Crippen LogP contribution is -2.06. The summed E-state index contributed by atoms with van der Waals surface area (Å²) in [4.78, 5) is 20.6. The highest BCUT2D eigenvalue weighted by Crippen LogP contribution is 2.38. The van der Waals surface area contributed by atoms with E-state index in [0.717, 1.165) is 0 Å². The molecule has 4 nitrogen and oxygen atoms in total. The van der Waals surface area contributed by atoms with Gasteiger partial charge in [0.05, 0.1) is 12.5 Å². The second kappa shape index (κ2) is 2.90. The zero-order valence-electron chi connectivity index (χ0n) is 6.24. The summed E-state index contributed by atoms with van der Waals surface area (Å²) in [7, 11) is 0. The monoisotopic (exact) mass is 158 g/mol. The SMILES string of the molecule is CC(=O)OC[C@H]1C[C@@H]1C(=O)O. The fourth-order valence-corrected chi connectivity index (χ4v) is 0.959. The molecule has 1 rings (SSSR count). The molecule has 0 aliphatic heterocycles. The van der Waals surface area contributed by atoms with Crippen molar-refractivity contribution in [2.75, 3.05) is 6.61 Å². The Kier molecular flexibility index (Phi) is 2.12. The molecule has 1 aliphatic carbocycles. The van der Waals surface area contributed by atoms with E-state index in [2.05, 4.69) is 4.74 Å². The van der Waals surface area contributed by atoms with Crippen LogP contribution in [0.2, 0.25) is 0 Å². The van der Waals surface area contributed by atoms with E-state index in [4.69, 9.17) is 5.11 Å². The van der Waals surface area contributed by atoms with Crippen LogP contribution in [0.25, 0.3) is 0 Å². The third-order valence-corrected chi connectivity index (χ3v) is 1.74. The first kappa shape index (κ1) is 8.04. The predicted octanol–water partition coefficient (Wildman–Crippen LogP) is 0.270. The van der Waals surface area contributed by atoms with Crippen LogP contribution in [-0.2, 0) is 14.3 Å². The Morgan fingerprint density at radius 2 is 2.27 bits per heavy atom. The molecule has 0 unspecified atom stereocenters. The summed E-state index contributed by atoms with van der Waals surface area (Å²) in [5.74, 6) is -1.37. The number of rotatable bonds is 3. The molecular formula is C7H10O4. The second-order valence-electron chi connectivity index (χ2n) is 2.74. The van der Waals surface area contributed by atoms with Gasteiger partial charge in [-0.3, -0.25) is 9.59 Å². The normalized spacial score (nSPS) is 27.7. The summed E-state index contributed by atoms with van der Waals surface area (Å²) in [6.45, 7) is 1.57. The number of hydrogen-bond acceptors (Lipinski definition) is 3. The van der Waals surface area contributed by atoms with Crippen molar-refractivity contribution < 1.29 is 19.4 Å². The molecule has 0 aromatic rings. The van der Waals surface area contributed by atoms with E-state index >= 15 is 0 Å². The van der Waals surface area contributed by atoms with Gasteiger partial charge in [-0.05, 0) is 6.42 Å². The first-order valence-electron chi connectivity index (χ1n) is 3.47. The maximum atomic E-state index is 10.3. The lowest BCUT2D eigenvalue weighted by Gasteiger charge is -1.97. The molecule has 0 aromatic carbocycles. The van der Waals surface area contributed by atoms with Crippen molar-refractivity contribution in [2.24, 2.45) is 11.8 Å². The molecule has 0 spiro atoms. The number of carbonyl (C=O) groups is 2. The van der Waals surface area contributed by atoms with Crippen molar-refractivity contribution in [1.82, 2.24) is 0 Å². The molecule has 1 N–H and O–H groups in total. The smallest absolute Gasteiger partial charge is 0.306 e. The van der Waals surface area contributed by atoms with Crippen LogP contribution in [0.4, 0.5) is 0 Å². The van der Waals surface area contributed by atoms with Crippen molar-refractivity contribution >= 4 is 11.9 Å². The molecule has 0 bridgehead atoms. The average molecular weight is 158 g/mol. The standard InChI is InChI=1S/C7H10O4/c1-4(8)11-3-5-2-6(5)7(9)10/h5-6H,2-3H2,1H3,(H,9,10)/t5-,6+/m1/s1. The molecule has 0 amide bonds. The van der Waals surface area contributed by atoms with Gasteiger partial charge in [0.2, 0.25) is 0 Å². The maximum Gasteiger partial charge on any atom is 0.306 e. The molecule has 1 fully saturated rings. The molecule has 0 radical (unpaired) electrons. The Hall–Kier alpha value is -1.06. The Bertz CT molecular complexity index is 187. The molecule has 2 atom stereocenters. The third-order valence-electron chi connectivity index (χ3n) is 1.74. The Labute approximate surface area is 64.2 Å². The van der Waals surface area contributed by atoms with Crippen LogP contribution in [0.1, 0.15) is 13.3 Å². The topological polar surface area (TPSA) is 63.6 Å². The van der Waals surface area contributed by atoms with Gasteiger partial charge in [0.15, 0.2) is 0 Å². The van der Waals surface area contributed by atoms with Gasteiger partial charge in [0, 0.05) is 12.8 Å². The molecule has 0 saturated heterocycles. The van der Waals surface area contributed by atoms with E-state index in [9.17, 15) is 9.59 Å². The minimum absolute atomic E-state index is 0.0522. The molecule has 11 heavy (non-hydrogen) atoms. The first-order valence-corrected chi connectivity index (χ1v) is 3.47. The number of aliphatic carboxylic acids is 1. The van der Waals surface area contributed by atoms with E-state index in [-0.39, 0.29) is 24.4 Å². The number of esters is 1. The Balaban J connectivity index is 2.14. The summed E-state index contributed by atoms with van der Waals surface area (Å²) in [5, 5.41) is 8.45. The highest BCUT2D eigenvalue weighted by atomic mass is 16.5. The molecule has 1 aliphatic rings. The van der Waals surface area contributed by atoms with Crippen LogP contribution in [0.5, 0.6) is 0 Å². The Morgan fingerprint density at radius 1 is 1.64 bits per heavy atom. The summed E-state index contributed by atoms with van der Waals surface area (Å²) in [5.41, 5.74) is 0. The zero-order valence-corrected chi connectivity index (χ0v) is 6.24. The molecule has 62 valence electrons. The summed E-state index contributed by atoms with van der Waals surface area (Å²) in [6, 6.07) is 0. The minimum atomic E-state index is -0.790. The van der Waals surface area contributed by atoms with Gasteiger partial charge in [-0.1, -0.05) is 0 Å². The first-order chi connectivity index (χ1) is 5.11. The predicted molar refractivity (Wildman–Crippen MR) is 35.9 cm³/mol. The minimum Gasteiger partial charge on any atom is -0.481 e. The number of carboxylic acids is 1. The second-order valence-corrected chi connectivity index (χ2v) is 2.74. The van der Waals surface area contributed by atoms with Crippen molar-refractivity contribution in [3.63, 3.8) is 0 Å². The van der Waals surface area contributed by atoms with Crippen LogP contribution in [0, 0.1) is 11.8 Å². The third kappa shape index (κ3) is 2.22. The lowest BCUT2D eigenvalue weighted by molar-refractivity contribution is -0.143. The van der Waals surface area contributed by atoms with Gasteiger partial charge in [0.25, 0.3) is 0 Å². The number of carbonyl (C=O) groups excluding carboxylic acids is 1. The highest BCUT2D eigenvalue weighted by molar-refractivity contribution is 5.73. The number of hydrogen-bond donors (Lipinski definition) is 1. The van der Waals surface area contributed by atoms with Gasteiger partial charge in [-0.25, -0.2) is 0 Å². The molecule has 4 heteroatoms. The van der Waals surface area contributed by atoms with Crippen LogP contribution in [-0.4, -0.2) is 23.7 Å². The number of carboxylic acid groups (broad SMARTS) is 1. The fourth-order valence-electron chi connectivity index (χ4n) is 0.959. The lowest BCUT2D eigenvalue weighted by atomic mass is 10.3. The Morgan fingerprint density at radius 3 is 2.64 bits per heavy atom. The quantitative estimate of drug-likeness (QED) is 0.599. The van der Waals surface area contributed by atoms with E-state index in [1.165, 1.54) is 6.92 Å². The van der Waals surface area contributed by atoms with Gasteiger partial charge >= 0.3 is 11.9 Å². The van der Waals surface area contributed by atoms with Crippen molar-refractivity contribution in [3.05, 3.63) is 0 Å². The molecule has 0 aromatic heterocycles. The van der Waals surface area contributed by atoms with E-state index in [0.29, 0.717) is 6.42 Å². The molecule has 1 saturated carbocycles. The van der Waals surface area contributed by atoms with Gasteiger partial charge in [0.1, 0.15) is 0 Å². The summed E-state index contributed by atoms with van der Waals surface area (Å²) < 4.78 is 4.64. The van der Waals surface area contributed by atoms with Crippen LogP contribution < -0.4 is 0 Å². The molecule has 0 heterocycles. The van der Waals surface area contributed by atoms with Gasteiger partial charge in [-0.15, -0.1) is 0 Å². The average Bonchev–Trinajstić information content (AvgIpc) is 2.61. The van der Waals surface area contributed by atoms with E-state index in [1.54, 1.807) is 0 Å². The van der Waals surface area contributed by atoms with Crippen molar-refractivity contribution in [3.8, 4) is 0 Å². The zero-order chi connectivity index (χ0) is 8.43. The highest BCUT2D eigenvalue weighted by Gasteiger charge is 2.43.